The van der Waals surface area contributed by atoms with E-state index in [-0.39, 0.29) is 0 Å². The van der Waals surface area contributed by atoms with E-state index in [1.807, 2.05) is 13.0 Å². The van der Waals surface area contributed by atoms with Gasteiger partial charge in [-0.05, 0) is 42.9 Å². The van der Waals surface area contributed by atoms with Gasteiger partial charge in [0.1, 0.15) is 5.75 Å². The molecule has 1 aromatic carbocycles. The Balaban J connectivity index is 2.42. The molecule has 0 fully saturated rings. The van der Waals surface area contributed by atoms with Crippen molar-refractivity contribution in [1.29, 1.82) is 0 Å². The van der Waals surface area contributed by atoms with Gasteiger partial charge in [-0.3, -0.25) is 0 Å². The standard InChI is InChI=1S/C12H19BO4/c1-10-9-11(5-6-12(10)13(14)15)17-8-4-3-7-16-2/h5-6,9,14-15H,3-4,7-8H2,1-2H3. The number of unbranched alkanes of at least 4 members (excludes halogenated alkanes) is 1. The van der Waals surface area contributed by atoms with Crippen LogP contribution in [0.5, 0.6) is 5.75 Å². The Labute approximate surface area is 102 Å². The minimum Gasteiger partial charge on any atom is -0.494 e. The van der Waals surface area contributed by atoms with Gasteiger partial charge < -0.3 is 19.5 Å². The average molecular weight is 238 g/mol. The lowest BCUT2D eigenvalue weighted by molar-refractivity contribution is 0.184. The molecule has 0 bridgehead atoms. The minimum atomic E-state index is -1.43. The SMILES string of the molecule is COCCCCOc1ccc(B(O)O)c(C)c1. The Kier molecular flexibility index (Phi) is 6.04. The second kappa shape index (κ2) is 7.32. The first kappa shape index (κ1) is 14.0. The summed E-state index contributed by atoms with van der Waals surface area (Å²) in [5.74, 6) is 0.754. The molecule has 0 unspecified atom stereocenters. The lowest BCUT2D eigenvalue weighted by Gasteiger charge is -2.09. The highest BCUT2D eigenvalue weighted by atomic mass is 16.5. The fourth-order valence-electron chi connectivity index (χ4n) is 1.57. The number of ether oxygens (including phenoxy) is 2. The first-order valence-corrected chi connectivity index (χ1v) is 5.73. The monoisotopic (exact) mass is 238 g/mol. The molecule has 0 amide bonds. The van der Waals surface area contributed by atoms with Gasteiger partial charge in [-0.25, -0.2) is 0 Å². The van der Waals surface area contributed by atoms with Crippen LogP contribution < -0.4 is 10.2 Å². The van der Waals surface area contributed by atoms with Crippen molar-refractivity contribution in [2.24, 2.45) is 0 Å². The lowest BCUT2D eigenvalue weighted by Crippen LogP contribution is -2.31. The van der Waals surface area contributed by atoms with Crippen molar-refractivity contribution >= 4 is 12.6 Å². The van der Waals surface area contributed by atoms with Crippen LogP contribution in [0, 0.1) is 6.92 Å². The van der Waals surface area contributed by atoms with E-state index < -0.39 is 7.12 Å². The van der Waals surface area contributed by atoms with E-state index in [0.717, 1.165) is 30.8 Å². The molecule has 5 heteroatoms. The smallest absolute Gasteiger partial charge is 0.488 e. The zero-order chi connectivity index (χ0) is 12.7. The van der Waals surface area contributed by atoms with Crippen molar-refractivity contribution in [3.63, 3.8) is 0 Å². The van der Waals surface area contributed by atoms with Gasteiger partial charge in [0, 0.05) is 13.7 Å². The van der Waals surface area contributed by atoms with Crippen LogP contribution in [-0.4, -0.2) is 37.5 Å². The number of hydrogen-bond donors (Lipinski definition) is 2. The first-order valence-electron chi connectivity index (χ1n) is 5.73. The Hall–Kier alpha value is -1.04. The van der Waals surface area contributed by atoms with Crippen molar-refractivity contribution in [1.82, 2.24) is 0 Å². The van der Waals surface area contributed by atoms with E-state index in [1.165, 1.54) is 0 Å². The molecule has 94 valence electrons. The molecule has 4 nitrogen and oxygen atoms in total. The van der Waals surface area contributed by atoms with E-state index in [4.69, 9.17) is 19.5 Å². The predicted octanol–water partition coefficient (Wildman–Crippen LogP) is 0.480. The topological polar surface area (TPSA) is 58.9 Å². The maximum atomic E-state index is 9.07. The molecule has 2 N–H and O–H groups in total. The second-order valence-electron chi connectivity index (χ2n) is 3.94. The number of methoxy groups -OCH3 is 1. The Morgan fingerprint density at radius 3 is 2.47 bits per heavy atom. The zero-order valence-electron chi connectivity index (χ0n) is 10.3. The minimum absolute atomic E-state index is 0.511. The summed E-state index contributed by atoms with van der Waals surface area (Å²) in [5, 5.41) is 18.1. The summed E-state index contributed by atoms with van der Waals surface area (Å²) in [4.78, 5) is 0. The summed E-state index contributed by atoms with van der Waals surface area (Å²) in [7, 11) is 0.258. The van der Waals surface area contributed by atoms with Gasteiger partial charge in [0.2, 0.25) is 0 Å². The molecule has 0 saturated heterocycles. The van der Waals surface area contributed by atoms with Crippen LogP contribution >= 0.6 is 0 Å². The summed E-state index contributed by atoms with van der Waals surface area (Å²) in [6, 6.07) is 5.23. The van der Waals surface area contributed by atoms with Crippen LogP contribution in [-0.2, 0) is 4.74 Å². The molecule has 0 heterocycles. The van der Waals surface area contributed by atoms with Gasteiger partial charge in [-0.1, -0.05) is 6.07 Å². The van der Waals surface area contributed by atoms with Crippen LogP contribution in [0.2, 0.25) is 0 Å². The molecule has 0 aliphatic carbocycles. The highest BCUT2D eigenvalue weighted by Gasteiger charge is 2.13. The molecule has 0 aliphatic heterocycles. The molecular formula is C12H19BO4. The number of benzene rings is 1. The highest BCUT2D eigenvalue weighted by Crippen LogP contribution is 2.12. The molecule has 1 rings (SSSR count). The largest absolute Gasteiger partial charge is 0.494 e. The van der Waals surface area contributed by atoms with E-state index in [9.17, 15) is 0 Å². The second-order valence-corrected chi connectivity index (χ2v) is 3.94. The molecule has 17 heavy (non-hydrogen) atoms. The van der Waals surface area contributed by atoms with Gasteiger partial charge in [0.25, 0.3) is 0 Å². The van der Waals surface area contributed by atoms with Crippen molar-refractivity contribution in [2.45, 2.75) is 19.8 Å². The molecule has 0 aromatic heterocycles. The summed E-state index contributed by atoms with van der Waals surface area (Å²) < 4.78 is 10.5. The van der Waals surface area contributed by atoms with E-state index in [0.29, 0.717) is 12.1 Å². The van der Waals surface area contributed by atoms with Crippen molar-refractivity contribution in [3.05, 3.63) is 23.8 Å². The normalized spacial score (nSPS) is 10.4. The molecule has 0 radical (unpaired) electrons. The maximum absolute atomic E-state index is 9.07. The van der Waals surface area contributed by atoms with Gasteiger partial charge >= 0.3 is 7.12 Å². The Morgan fingerprint density at radius 1 is 1.18 bits per heavy atom. The summed E-state index contributed by atoms with van der Waals surface area (Å²) in [6.07, 6.45) is 1.92. The summed E-state index contributed by atoms with van der Waals surface area (Å²) in [6.45, 7) is 3.22. The molecule has 0 spiro atoms. The van der Waals surface area contributed by atoms with Crippen LogP contribution in [0.3, 0.4) is 0 Å². The van der Waals surface area contributed by atoms with Gasteiger partial charge in [0.05, 0.1) is 6.61 Å². The molecule has 0 saturated carbocycles. The van der Waals surface area contributed by atoms with Crippen molar-refractivity contribution in [2.75, 3.05) is 20.3 Å². The fourth-order valence-corrected chi connectivity index (χ4v) is 1.57. The molecule has 1 aromatic rings. The zero-order valence-corrected chi connectivity index (χ0v) is 10.3. The third-order valence-electron chi connectivity index (χ3n) is 2.53. The fraction of sp³-hybridized carbons (Fsp3) is 0.500. The third kappa shape index (κ3) is 4.77. The van der Waals surface area contributed by atoms with Gasteiger partial charge in [-0.2, -0.15) is 0 Å². The number of rotatable bonds is 7. The van der Waals surface area contributed by atoms with Crippen molar-refractivity contribution < 1.29 is 19.5 Å². The molecule has 0 atom stereocenters. The van der Waals surface area contributed by atoms with Gasteiger partial charge in [-0.15, -0.1) is 0 Å². The van der Waals surface area contributed by atoms with Crippen molar-refractivity contribution in [3.8, 4) is 5.75 Å². The number of hydrogen-bond acceptors (Lipinski definition) is 4. The summed E-state index contributed by atoms with van der Waals surface area (Å²) >= 11 is 0. The van der Waals surface area contributed by atoms with Crippen LogP contribution in [0.15, 0.2) is 18.2 Å². The highest BCUT2D eigenvalue weighted by molar-refractivity contribution is 6.59. The maximum Gasteiger partial charge on any atom is 0.488 e. The lowest BCUT2D eigenvalue weighted by atomic mass is 9.77. The predicted molar refractivity (Wildman–Crippen MR) is 67.6 cm³/mol. The Morgan fingerprint density at radius 2 is 1.88 bits per heavy atom. The quantitative estimate of drug-likeness (QED) is 0.535. The first-order chi connectivity index (χ1) is 8.15. The average Bonchev–Trinajstić information content (AvgIpc) is 2.28. The molecular weight excluding hydrogens is 219 g/mol. The Bertz CT molecular complexity index is 341. The van der Waals surface area contributed by atoms with Crippen LogP contribution in [0.4, 0.5) is 0 Å². The van der Waals surface area contributed by atoms with Crippen LogP contribution in [0.25, 0.3) is 0 Å². The van der Waals surface area contributed by atoms with Gasteiger partial charge in [0.15, 0.2) is 0 Å². The molecule has 0 aliphatic rings. The van der Waals surface area contributed by atoms with E-state index >= 15 is 0 Å². The third-order valence-corrected chi connectivity index (χ3v) is 2.53. The van der Waals surface area contributed by atoms with Crippen LogP contribution in [0.1, 0.15) is 18.4 Å². The summed E-state index contributed by atoms with van der Waals surface area (Å²) in [5.41, 5.74) is 1.33. The number of aryl methyl sites for hydroxylation is 1. The van der Waals surface area contributed by atoms with E-state index in [1.54, 1.807) is 19.2 Å². The van der Waals surface area contributed by atoms with E-state index in [2.05, 4.69) is 0 Å².